The maximum Gasteiger partial charge on any atom is 0.252 e. The lowest BCUT2D eigenvalue weighted by Gasteiger charge is -2.25. The number of hydrogen-bond donors (Lipinski definition) is 1. The molecule has 0 spiro atoms. The van der Waals surface area contributed by atoms with Crippen molar-refractivity contribution in [2.75, 3.05) is 6.61 Å². The van der Waals surface area contributed by atoms with E-state index in [4.69, 9.17) is 4.74 Å². The topological polar surface area (TPSA) is 50.7 Å². The Kier molecular flexibility index (Phi) is 2.40. The number of carbonyl (C=O) groups is 1. The molecule has 0 saturated carbocycles. The van der Waals surface area contributed by atoms with Gasteiger partial charge < -0.3 is 10.1 Å². The van der Waals surface area contributed by atoms with Crippen LogP contribution in [0.15, 0.2) is 29.3 Å². The summed E-state index contributed by atoms with van der Waals surface area (Å²) in [6.07, 6.45) is 0.866. The Morgan fingerprint density at radius 1 is 1.39 bits per heavy atom. The van der Waals surface area contributed by atoms with Gasteiger partial charge in [-0.2, -0.15) is 0 Å². The number of benzene rings is 1. The number of carbonyl (C=O) groups excluding carboxylic acids is 1. The van der Waals surface area contributed by atoms with Crippen molar-refractivity contribution in [1.29, 1.82) is 0 Å². The number of nitrogens with zero attached hydrogens (tertiary/aromatic N) is 1. The maximum absolute atomic E-state index is 11.7. The maximum atomic E-state index is 11.7. The van der Waals surface area contributed by atoms with Gasteiger partial charge in [-0.05, 0) is 31.9 Å². The highest BCUT2D eigenvalue weighted by atomic mass is 16.5. The molecule has 1 unspecified atom stereocenters. The molecule has 0 radical (unpaired) electrons. The van der Waals surface area contributed by atoms with Crippen LogP contribution >= 0.6 is 0 Å². The molecule has 2 heterocycles. The molecule has 1 atom stereocenters. The second kappa shape index (κ2) is 3.83. The smallest absolute Gasteiger partial charge is 0.252 e. The second-order valence-electron chi connectivity index (χ2n) is 5.33. The van der Waals surface area contributed by atoms with Gasteiger partial charge in [0.1, 0.15) is 17.1 Å². The molecule has 0 fully saturated rings. The number of ether oxygens (including phenoxy) is 1. The first-order valence-corrected chi connectivity index (χ1v) is 6.18. The Hall–Kier alpha value is -1.84. The predicted molar refractivity (Wildman–Crippen MR) is 68.8 cm³/mol. The molecule has 1 amide bonds. The molecule has 0 saturated heterocycles. The summed E-state index contributed by atoms with van der Waals surface area (Å²) >= 11 is 0. The number of fused-ring (bicyclic) bond motifs is 1. The zero-order valence-electron chi connectivity index (χ0n) is 10.6. The number of amidine groups is 1. The zero-order chi connectivity index (χ0) is 12.8. The molecule has 2 aliphatic rings. The van der Waals surface area contributed by atoms with E-state index >= 15 is 0 Å². The van der Waals surface area contributed by atoms with Crippen LogP contribution in [-0.2, 0) is 11.2 Å². The van der Waals surface area contributed by atoms with Crippen molar-refractivity contribution in [3.8, 4) is 5.75 Å². The van der Waals surface area contributed by atoms with Crippen LogP contribution < -0.4 is 10.1 Å². The van der Waals surface area contributed by atoms with Gasteiger partial charge in [-0.1, -0.05) is 18.2 Å². The number of rotatable bonds is 1. The summed E-state index contributed by atoms with van der Waals surface area (Å²) < 4.78 is 5.72. The summed E-state index contributed by atoms with van der Waals surface area (Å²) in [7, 11) is 0. The molecule has 1 aromatic rings. The molecule has 1 N–H and O–H groups in total. The highest BCUT2D eigenvalue weighted by Gasteiger charge is 2.38. The first kappa shape index (κ1) is 11.3. The Bertz CT molecular complexity index is 534. The van der Waals surface area contributed by atoms with Crippen LogP contribution in [0, 0.1) is 5.92 Å². The largest absolute Gasteiger partial charge is 0.493 e. The lowest BCUT2D eigenvalue weighted by Crippen LogP contribution is -2.39. The van der Waals surface area contributed by atoms with Crippen molar-refractivity contribution < 1.29 is 9.53 Å². The molecule has 3 rings (SSSR count). The van der Waals surface area contributed by atoms with E-state index in [0.717, 1.165) is 18.0 Å². The number of para-hydroxylation sites is 1. The Morgan fingerprint density at radius 2 is 2.17 bits per heavy atom. The summed E-state index contributed by atoms with van der Waals surface area (Å²) in [5.74, 6) is 1.82. The minimum absolute atomic E-state index is 0.0311. The summed E-state index contributed by atoms with van der Waals surface area (Å²) in [6, 6.07) is 8.01. The summed E-state index contributed by atoms with van der Waals surface area (Å²) in [6.45, 7) is 4.23. The monoisotopic (exact) mass is 244 g/mol. The van der Waals surface area contributed by atoms with Crippen molar-refractivity contribution in [3.05, 3.63) is 29.8 Å². The van der Waals surface area contributed by atoms with E-state index in [9.17, 15) is 4.79 Å². The van der Waals surface area contributed by atoms with Gasteiger partial charge in [0.15, 0.2) is 0 Å². The molecule has 4 nitrogen and oxygen atoms in total. The number of aliphatic imine (C=N–C) groups is 1. The van der Waals surface area contributed by atoms with Gasteiger partial charge in [0.25, 0.3) is 5.91 Å². The van der Waals surface area contributed by atoms with E-state index < -0.39 is 5.54 Å². The third-order valence-corrected chi connectivity index (χ3v) is 3.46. The van der Waals surface area contributed by atoms with Crippen molar-refractivity contribution >= 4 is 11.7 Å². The second-order valence-corrected chi connectivity index (χ2v) is 5.33. The van der Waals surface area contributed by atoms with Gasteiger partial charge >= 0.3 is 0 Å². The first-order chi connectivity index (χ1) is 8.56. The molecule has 18 heavy (non-hydrogen) atoms. The van der Waals surface area contributed by atoms with Crippen molar-refractivity contribution in [2.24, 2.45) is 10.9 Å². The van der Waals surface area contributed by atoms with E-state index in [1.165, 1.54) is 5.56 Å². The van der Waals surface area contributed by atoms with E-state index in [1.807, 2.05) is 32.0 Å². The van der Waals surface area contributed by atoms with Crippen molar-refractivity contribution in [1.82, 2.24) is 5.32 Å². The van der Waals surface area contributed by atoms with E-state index in [-0.39, 0.29) is 11.8 Å². The molecule has 2 aliphatic heterocycles. The van der Waals surface area contributed by atoms with Crippen LogP contribution in [0.2, 0.25) is 0 Å². The van der Waals surface area contributed by atoms with Crippen LogP contribution in [0.4, 0.5) is 0 Å². The lowest BCUT2D eigenvalue weighted by atomic mass is 9.96. The minimum atomic E-state index is -0.647. The molecule has 1 aromatic carbocycles. The normalized spacial score (nSPS) is 24.9. The quantitative estimate of drug-likeness (QED) is 0.814. The molecular formula is C14H16N2O2. The Morgan fingerprint density at radius 3 is 2.89 bits per heavy atom. The van der Waals surface area contributed by atoms with Crippen molar-refractivity contribution in [3.63, 3.8) is 0 Å². The van der Waals surface area contributed by atoms with Crippen LogP contribution in [0.5, 0.6) is 5.75 Å². The molecule has 94 valence electrons. The highest BCUT2D eigenvalue weighted by molar-refractivity contribution is 6.08. The van der Waals surface area contributed by atoms with Gasteiger partial charge in [-0.3, -0.25) is 9.79 Å². The fraction of sp³-hybridized carbons (Fsp3) is 0.429. The van der Waals surface area contributed by atoms with Gasteiger partial charge in [-0.25, -0.2) is 0 Å². The van der Waals surface area contributed by atoms with Gasteiger partial charge in [0.2, 0.25) is 0 Å². The van der Waals surface area contributed by atoms with Crippen LogP contribution in [0.3, 0.4) is 0 Å². The Labute approximate surface area is 106 Å². The summed E-state index contributed by atoms with van der Waals surface area (Å²) in [5, 5.41) is 2.88. The highest BCUT2D eigenvalue weighted by Crippen LogP contribution is 2.29. The third kappa shape index (κ3) is 1.78. The third-order valence-electron chi connectivity index (χ3n) is 3.46. The number of hydrogen-bond acceptors (Lipinski definition) is 3. The van der Waals surface area contributed by atoms with Crippen LogP contribution in [-0.4, -0.2) is 23.9 Å². The van der Waals surface area contributed by atoms with E-state index in [1.54, 1.807) is 0 Å². The average Bonchev–Trinajstić information content (AvgIpc) is 2.63. The molecule has 0 aliphatic carbocycles. The molecule has 0 aromatic heterocycles. The van der Waals surface area contributed by atoms with Crippen LogP contribution in [0.25, 0.3) is 0 Å². The van der Waals surface area contributed by atoms with Gasteiger partial charge in [0.05, 0.1) is 12.5 Å². The first-order valence-electron chi connectivity index (χ1n) is 6.18. The summed E-state index contributed by atoms with van der Waals surface area (Å²) in [5.41, 5.74) is 0.530. The van der Waals surface area contributed by atoms with Crippen molar-refractivity contribution in [2.45, 2.75) is 25.8 Å². The minimum Gasteiger partial charge on any atom is -0.493 e. The van der Waals surface area contributed by atoms with Crippen LogP contribution in [0.1, 0.15) is 19.4 Å². The SMILES string of the molecule is CC1(C)N=C(C2COc3ccccc3C2)NC1=O. The lowest BCUT2D eigenvalue weighted by molar-refractivity contribution is -0.122. The predicted octanol–water partition coefficient (Wildman–Crippen LogP) is 1.54. The van der Waals surface area contributed by atoms with Gasteiger partial charge in [0, 0.05) is 0 Å². The number of nitrogens with one attached hydrogen (secondary N) is 1. The van der Waals surface area contributed by atoms with Gasteiger partial charge in [-0.15, -0.1) is 0 Å². The molecule has 0 bridgehead atoms. The molecule has 4 heteroatoms. The average molecular weight is 244 g/mol. The Balaban J connectivity index is 1.84. The number of amides is 1. The summed E-state index contributed by atoms with van der Waals surface area (Å²) in [4.78, 5) is 16.2. The fourth-order valence-electron chi connectivity index (χ4n) is 2.35. The standard InChI is InChI=1S/C14H16N2O2/c1-14(2)13(17)15-12(16-14)10-7-9-5-3-4-6-11(9)18-8-10/h3-6,10H,7-8H2,1-2H3,(H,15,16,17). The fourth-order valence-corrected chi connectivity index (χ4v) is 2.35. The molecular weight excluding hydrogens is 228 g/mol. The zero-order valence-corrected chi connectivity index (χ0v) is 10.6. The van der Waals surface area contributed by atoms with E-state index in [0.29, 0.717) is 6.61 Å². The van der Waals surface area contributed by atoms with E-state index in [2.05, 4.69) is 16.4 Å².